The minimum atomic E-state index is 0.952. The molecule has 2 aromatic carbocycles. The van der Waals surface area contributed by atoms with Crippen LogP contribution in [0.3, 0.4) is 0 Å². The Bertz CT molecular complexity index is 768. The third kappa shape index (κ3) is 5.21. The van der Waals surface area contributed by atoms with Gasteiger partial charge in [0.15, 0.2) is 0 Å². The van der Waals surface area contributed by atoms with Crippen LogP contribution in [-0.4, -0.2) is 81.3 Å². The molecule has 2 saturated heterocycles. The first kappa shape index (κ1) is 20.0. The Kier molecular flexibility index (Phi) is 6.54. The molecule has 0 amide bonds. The minimum absolute atomic E-state index is 0.952. The van der Waals surface area contributed by atoms with Crippen molar-refractivity contribution in [2.75, 3.05) is 76.8 Å². The number of benzene rings is 2. The first-order valence-electron chi connectivity index (χ1n) is 10.6. The van der Waals surface area contributed by atoms with Gasteiger partial charge in [-0.1, -0.05) is 30.3 Å². The summed E-state index contributed by atoms with van der Waals surface area (Å²) in [5.74, 6) is 0.952. The summed E-state index contributed by atoms with van der Waals surface area (Å²) in [6, 6.07) is 17.2. The third-order valence-electron chi connectivity index (χ3n) is 5.93. The van der Waals surface area contributed by atoms with Crippen LogP contribution in [0.4, 0.5) is 11.4 Å². The number of piperazine rings is 2. The molecule has 2 fully saturated rings. The van der Waals surface area contributed by atoms with Crippen LogP contribution in [0.25, 0.3) is 0 Å². The number of nitrogens with one attached hydrogen (secondary N) is 1. The second-order valence-electron chi connectivity index (χ2n) is 8.04. The monoisotopic (exact) mass is 395 g/mol. The number of hydrogen-bond acceptors (Lipinski definition) is 6. The van der Waals surface area contributed by atoms with E-state index in [4.69, 9.17) is 4.74 Å². The Morgan fingerprint density at radius 3 is 2.28 bits per heavy atom. The maximum absolute atomic E-state index is 5.64. The number of anilines is 2. The molecular formula is C23H33N5O. The molecule has 156 valence electrons. The summed E-state index contributed by atoms with van der Waals surface area (Å²) in [4.78, 5) is 7.33. The van der Waals surface area contributed by atoms with Crippen molar-refractivity contribution in [3.05, 3.63) is 54.1 Å². The van der Waals surface area contributed by atoms with E-state index in [0.717, 1.165) is 70.3 Å². The Labute approximate surface area is 174 Å². The largest absolute Gasteiger partial charge is 0.495 e. The van der Waals surface area contributed by atoms with Crippen molar-refractivity contribution < 1.29 is 4.74 Å². The Morgan fingerprint density at radius 2 is 1.59 bits per heavy atom. The maximum Gasteiger partial charge on any atom is 0.142 e. The molecule has 0 radical (unpaired) electrons. The molecule has 0 unspecified atom stereocenters. The molecule has 2 aliphatic rings. The quantitative estimate of drug-likeness (QED) is 0.810. The van der Waals surface area contributed by atoms with Crippen LogP contribution in [0, 0.1) is 0 Å². The Morgan fingerprint density at radius 1 is 0.862 bits per heavy atom. The molecule has 0 saturated carbocycles. The molecule has 1 N–H and O–H groups in total. The van der Waals surface area contributed by atoms with E-state index < -0.39 is 0 Å². The molecule has 2 aliphatic heterocycles. The van der Waals surface area contributed by atoms with Crippen LogP contribution >= 0.6 is 0 Å². The van der Waals surface area contributed by atoms with Crippen LogP contribution in [0.15, 0.2) is 48.5 Å². The van der Waals surface area contributed by atoms with Gasteiger partial charge in [-0.15, -0.1) is 0 Å². The van der Waals surface area contributed by atoms with Crippen molar-refractivity contribution in [1.82, 2.24) is 14.8 Å². The molecule has 2 aromatic rings. The van der Waals surface area contributed by atoms with Crippen molar-refractivity contribution in [3.8, 4) is 5.75 Å². The summed E-state index contributed by atoms with van der Waals surface area (Å²) in [5, 5.41) is 2.33. The number of hydrazine groups is 1. The Balaban J connectivity index is 1.34. The number of likely N-dealkylation sites (N-methyl/N-ethyl adjacent to an activating group) is 1. The lowest BCUT2D eigenvalue weighted by Crippen LogP contribution is -2.48. The van der Waals surface area contributed by atoms with Crippen molar-refractivity contribution in [2.24, 2.45) is 0 Å². The van der Waals surface area contributed by atoms with Crippen LogP contribution in [0.5, 0.6) is 5.75 Å². The van der Waals surface area contributed by atoms with E-state index in [1.165, 1.54) is 11.3 Å². The van der Waals surface area contributed by atoms with Gasteiger partial charge in [-0.25, -0.2) is 5.01 Å². The van der Waals surface area contributed by atoms with Gasteiger partial charge in [-0.2, -0.15) is 0 Å². The smallest absolute Gasteiger partial charge is 0.142 e. The lowest BCUT2D eigenvalue weighted by Gasteiger charge is -2.36. The molecule has 29 heavy (non-hydrogen) atoms. The van der Waals surface area contributed by atoms with E-state index in [1.807, 2.05) is 0 Å². The predicted molar refractivity (Wildman–Crippen MR) is 120 cm³/mol. The van der Waals surface area contributed by atoms with Gasteiger partial charge in [0.25, 0.3) is 0 Å². The van der Waals surface area contributed by atoms with Crippen LogP contribution in [0.2, 0.25) is 0 Å². The summed E-state index contributed by atoms with van der Waals surface area (Å²) < 4.78 is 5.64. The van der Waals surface area contributed by atoms with E-state index in [-0.39, 0.29) is 0 Å². The highest BCUT2D eigenvalue weighted by Crippen LogP contribution is 2.32. The maximum atomic E-state index is 5.64. The summed E-state index contributed by atoms with van der Waals surface area (Å²) in [6.45, 7) is 9.46. The minimum Gasteiger partial charge on any atom is -0.495 e. The van der Waals surface area contributed by atoms with Crippen LogP contribution < -0.4 is 15.1 Å². The molecule has 4 rings (SSSR count). The topological polar surface area (TPSA) is 34.2 Å². The van der Waals surface area contributed by atoms with Crippen molar-refractivity contribution in [1.29, 1.82) is 0 Å². The summed E-state index contributed by atoms with van der Waals surface area (Å²) in [7, 11) is 3.94. The van der Waals surface area contributed by atoms with Gasteiger partial charge in [-0.05, 0) is 30.8 Å². The van der Waals surface area contributed by atoms with E-state index >= 15 is 0 Å². The average molecular weight is 396 g/mol. The van der Waals surface area contributed by atoms with E-state index in [9.17, 15) is 0 Å². The summed E-state index contributed by atoms with van der Waals surface area (Å²) in [5.41, 5.74) is 7.33. The zero-order chi connectivity index (χ0) is 20.1. The van der Waals surface area contributed by atoms with Crippen molar-refractivity contribution in [2.45, 2.75) is 6.54 Å². The zero-order valence-electron chi connectivity index (χ0n) is 17.7. The normalized spacial score (nSPS) is 19.3. The second kappa shape index (κ2) is 9.48. The fourth-order valence-corrected chi connectivity index (χ4v) is 4.10. The fourth-order valence-electron chi connectivity index (χ4n) is 4.10. The molecule has 0 atom stereocenters. The number of ether oxygens (including phenoxy) is 1. The van der Waals surface area contributed by atoms with E-state index in [2.05, 4.69) is 80.7 Å². The number of nitrogens with zero attached hydrogens (tertiary/aromatic N) is 4. The lowest BCUT2D eigenvalue weighted by atomic mass is 10.2. The third-order valence-corrected chi connectivity index (χ3v) is 5.93. The first-order valence-corrected chi connectivity index (χ1v) is 10.6. The summed E-state index contributed by atoms with van der Waals surface area (Å²) in [6.07, 6.45) is 0. The number of hydrogen-bond donors (Lipinski definition) is 1. The number of methoxy groups -OCH3 is 1. The molecule has 2 heterocycles. The average Bonchev–Trinajstić information content (AvgIpc) is 2.76. The molecule has 6 heteroatoms. The second-order valence-corrected chi connectivity index (χ2v) is 8.04. The van der Waals surface area contributed by atoms with Gasteiger partial charge in [0.05, 0.1) is 18.5 Å². The fraction of sp³-hybridized carbons (Fsp3) is 0.478. The molecule has 0 spiro atoms. The molecule has 0 aromatic heterocycles. The van der Waals surface area contributed by atoms with Crippen molar-refractivity contribution in [3.63, 3.8) is 0 Å². The lowest BCUT2D eigenvalue weighted by molar-refractivity contribution is 0.147. The predicted octanol–water partition coefficient (Wildman–Crippen LogP) is 2.59. The first-order chi connectivity index (χ1) is 14.2. The molecular weight excluding hydrogens is 362 g/mol. The highest BCUT2D eigenvalue weighted by Gasteiger charge is 2.20. The van der Waals surface area contributed by atoms with Gasteiger partial charge in [0.2, 0.25) is 0 Å². The number of rotatable bonds is 6. The van der Waals surface area contributed by atoms with E-state index in [0.29, 0.717) is 0 Å². The van der Waals surface area contributed by atoms with Gasteiger partial charge >= 0.3 is 0 Å². The van der Waals surface area contributed by atoms with Gasteiger partial charge in [0.1, 0.15) is 5.75 Å². The molecule has 0 bridgehead atoms. The van der Waals surface area contributed by atoms with Crippen LogP contribution in [0.1, 0.15) is 5.56 Å². The highest BCUT2D eigenvalue weighted by molar-refractivity contribution is 5.66. The standard InChI is InChI=1S/C23H33N5O/c1-25-10-14-27(15-11-25)22-18-21(8-9-23(22)29-2)24-28-16-12-26(13-17-28)19-20-6-4-3-5-7-20/h3-9,18,24H,10-17,19H2,1-2H3. The van der Waals surface area contributed by atoms with Gasteiger partial charge in [0, 0.05) is 58.9 Å². The zero-order valence-corrected chi connectivity index (χ0v) is 17.7. The summed E-state index contributed by atoms with van der Waals surface area (Å²) >= 11 is 0. The van der Waals surface area contributed by atoms with Crippen molar-refractivity contribution >= 4 is 11.4 Å². The SMILES string of the molecule is COc1ccc(NN2CCN(Cc3ccccc3)CC2)cc1N1CCN(C)CC1. The van der Waals surface area contributed by atoms with Gasteiger partial charge in [-0.3, -0.25) is 4.90 Å². The van der Waals surface area contributed by atoms with E-state index in [1.54, 1.807) is 7.11 Å². The van der Waals surface area contributed by atoms with Gasteiger partial charge < -0.3 is 20.0 Å². The van der Waals surface area contributed by atoms with Crippen LogP contribution in [-0.2, 0) is 6.54 Å². The Hall–Kier alpha value is -2.28. The molecule has 6 nitrogen and oxygen atoms in total. The molecule has 0 aliphatic carbocycles. The highest BCUT2D eigenvalue weighted by atomic mass is 16.5.